The van der Waals surface area contributed by atoms with Gasteiger partial charge in [-0.2, -0.15) is 0 Å². The molecule has 0 unspecified atom stereocenters. The summed E-state index contributed by atoms with van der Waals surface area (Å²) in [5.41, 5.74) is 1.27. The molecule has 0 spiro atoms. The number of hydrogen-bond donors (Lipinski definition) is 4. The Morgan fingerprint density at radius 3 is 1.46 bits per heavy atom. The van der Waals surface area contributed by atoms with Crippen molar-refractivity contribution >= 4 is 92.4 Å². The van der Waals surface area contributed by atoms with Gasteiger partial charge in [0.1, 0.15) is 0 Å². The van der Waals surface area contributed by atoms with E-state index in [1.165, 1.54) is 0 Å². The maximum atomic E-state index is 6.10. The van der Waals surface area contributed by atoms with Crippen LogP contribution in [0.5, 0.6) is 0 Å². The largest absolute Gasteiger partial charge is 0.361 e. The highest BCUT2D eigenvalue weighted by Crippen LogP contribution is 2.30. The summed E-state index contributed by atoms with van der Waals surface area (Å²) in [6, 6.07) is 10.5. The van der Waals surface area contributed by atoms with Crippen molar-refractivity contribution in [1.82, 2.24) is 10.6 Å². The summed E-state index contributed by atoms with van der Waals surface area (Å²) in [7, 11) is 0. The van der Waals surface area contributed by atoms with E-state index in [2.05, 4.69) is 21.3 Å². The first-order valence-corrected chi connectivity index (χ1v) is 9.69. The topological polar surface area (TPSA) is 48.1 Å². The number of rotatable bonds is 5. The first-order chi connectivity index (χ1) is 12.4. The number of hydrogen-bond acceptors (Lipinski definition) is 2. The van der Waals surface area contributed by atoms with Crippen molar-refractivity contribution < 1.29 is 0 Å². The Kier molecular flexibility index (Phi) is 8.47. The van der Waals surface area contributed by atoms with Crippen LogP contribution in [0.1, 0.15) is 0 Å². The first-order valence-electron chi connectivity index (χ1n) is 7.36. The molecule has 0 atom stereocenters. The lowest BCUT2D eigenvalue weighted by atomic mass is 10.3. The lowest BCUT2D eigenvalue weighted by Gasteiger charge is -2.14. The smallest absolute Gasteiger partial charge is 0.170 e. The molecule has 0 fully saturated rings. The second-order valence-electron chi connectivity index (χ2n) is 4.96. The Balaban J connectivity index is 1.72. The minimum atomic E-state index is 0.417. The van der Waals surface area contributed by atoms with Crippen LogP contribution in [0.25, 0.3) is 0 Å². The Hall–Kier alpha value is -1.02. The van der Waals surface area contributed by atoms with Gasteiger partial charge in [0.05, 0.1) is 31.5 Å². The molecule has 10 heteroatoms. The van der Waals surface area contributed by atoms with E-state index >= 15 is 0 Å². The van der Waals surface area contributed by atoms with Crippen molar-refractivity contribution in [2.24, 2.45) is 0 Å². The molecule has 0 saturated carbocycles. The molecule has 0 aliphatic carbocycles. The monoisotopic (exact) mass is 466 g/mol. The molecule has 2 aromatic rings. The molecule has 138 valence electrons. The average molecular weight is 468 g/mol. The van der Waals surface area contributed by atoms with Crippen molar-refractivity contribution in [3.8, 4) is 0 Å². The predicted octanol–water partition coefficient (Wildman–Crippen LogP) is 5.57. The van der Waals surface area contributed by atoms with Crippen LogP contribution in [0.15, 0.2) is 36.4 Å². The number of anilines is 2. The Bertz CT molecular complexity index is 749. The molecule has 0 aromatic heterocycles. The average Bonchev–Trinajstić information content (AvgIpc) is 2.60. The standard InChI is InChI=1S/C16H14Cl4N4S2/c17-9-3-1-5-11(13(9)19)23-15(25)21-7-8-22-16(26)24-12-6-2-4-10(18)14(12)20/h1-6H,7-8H2,(H2,21,23,25)(H2,22,24,26). The molecule has 2 rings (SSSR count). The van der Waals surface area contributed by atoms with Gasteiger partial charge in [-0.25, -0.2) is 0 Å². The summed E-state index contributed by atoms with van der Waals surface area (Å²) in [5.74, 6) is 0. The van der Waals surface area contributed by atoms with Gasteiger partial charge >= 0.3 is 0 Å². The molecule has 0 aliphatic rings. The van der Waals surface area contributed by atoms with Crippen molar-refractivity contribution in [3.05, 3.63) is 56.5 Å². The fraction of sp³-hybridized carbons (Fsp3) is 0.125. The quantitative estimate of drug-likeness (QED) is 0.340. The van der Waals surface area contributed by atoms with Crippen molar-refractivity contribution in [1.29, 1.82) is 0 Å². The minimum Gasteiger partial charge on any atom is -0.361 e. The Labute approximate surface area is 182 Å². The van der Waals surface area contributed by atoms with Gasteiger partial charge in [0.15, 0.2) is 10.2 Å². The summed E-state index contributed by atoms with van der Waals surface area (Å²) < 4.78 is 0. The summed E-state index contributed by atoms with van der Waals surface area (Å²) in [6.45, 7) is 1.07. The Morgan fingerprint density at radius 1 is 0.692 bits per heavy atom. The minimum absolute atomic E-state index is 0.417. The zero-order valence-corrected chi connectivity index (χ0v) is 17.9. The summed E-state index contributed by atoms with van der Waals surface area (Å²) in [6.07, 6.45) is 0. The molecule has 0 saturated heterocycles. The summed E-state index contributed by atoms with van der Waals surface area (Å²) in [4.78, 5) is 0. The van der Waals surface area contributed by atoms with Gasteiger partial charge in [0.2, 0.25) is 0 Å². The van der Waals surface area contributed by atoms with Crippen LogP contribution >= 0.6 is 70.8 Å². The highest BCUT2D eigenvalue weighted by molar-refractivity contribution is 7.80. The molecule has 0 heterocycles. The van der Waals surface area contributed by atoms with Gasteiger partial charge in [-0.15, -0.1) is 0 Å². The Morgan fingerprint density at radius 2 is 1.08 bits per heavy atom. The third-order valence-corrected chi connectivity index (χ3v) is 5.23. The van der Waals surface area contributed by atoms with Gasteiger partial charge < -0.3 is 21.3 Å². The van der Waals surface area contributed by atoms with Crippen LogP contribution in [0.4, 0.5) is 11.4 Å². The molecular formula is C16H14Cl4N4S2. The molecule has 4 nitrogen and oxygen atoms in total. The highest BCUT2D eigenvalue weighted by Gasteiger charge is 2.07. The van der Waals surface area contributed by atoms with E-state index in [0.717, 1.165) is 0 Å². The van der Waals surface area contributed by atoms with E-state index in [4.69, 9.17) is 70.8 Å². The van der Waals surface area contributed by atoms with Gasteiger partial charge in [-0.1, -0.05) is 58.5 Å². The second-order valence-corrected chi connectivity index (χ2v) is 7.35. The molecule has 4 N–H and O–H groups in total. The third-order valence-electron chi connectivity index (χ3n) is 3.10. The number of benzene rings is 2. The van der Waals surface area contributed by atoms with Crippen molar-refractivity contribution in [2.75, 3.05) is 23.7 Å². The number of halogens is 4. The van der Waals surface area contributed by atoms with E-state index in [1.807, 2.05) is 0 Å². The second kappa shape index (κ2) is 10.3. The fourth-order valence-electron chi connectivity index (χ4n) is 1.89. The summed E-state index contributed by atoms with van der Waals surface area (Å²) >= 11 is 34.6. The predicted molar refractivity (Wildman–Crippen MR) is 121 cm³/mol. The van der Waals surface area contributed by atoms with E-state index in [-0.39, 0.29) is 0 Å². The van der Waals surface area contributed by atoms with Crippen molar-refractivity contribution in [2.45, 2.75) is 0 Å². The van der Waals surface area contributed by atoms with Crippen LogP contribution in [0.3, 0.4) is 0 Å². The van der Waals surface area contributed by atoms with Gasteiger partial charge in [0, 0.05) is 13.1 Å². The maximum Gasteiger partial charge on any atom is 0.170 e. The molecule has 0 bridgehead atoms. The molecular weight excluding hydrogens is 454 g/mol. The van der Waals surface area contributed by atoms with E-state index in [9.17, 15) is 0 Å². The normalized spacial score (nSPS) is 10.2. The summed E-state index contributed by atoms with van der Waals surface area (Å²) in [5, 5.41) is 14.6. The molecule has 0 radical (unpaired) electrons. The van der Waals surface area contributed by atoms with Crippen molar-refractivity contribution in [3.63, 3.8) is 0 Å². The fourth-order valence-corrected chi connectivity index (χ4v) is 3.01. The molecule has 26 heavy (non-hydrogen) atoms. The van der Waals surface area contributed by atoms with E-state index in [1.54, 1.807) is 36.4 Å². The maximum absolute atomic E-state index is 6.10. The zero-order chi connectivity index (χ0) is 19.1. The molecule has 0 amide bonds. The van der Waals surface area contributed by atoms with Crippen LogP contribution in [-0.2, 0) is 0 Å². The lowest BCUT2D eigenvalue weighted by molar-refractivity contribution is 0.821. The zero-order valence-electron chi connectivity index (χ0n) is 13.2. The van der Waals surface area contributed by atoms with Gasteiger partial charge in [-0.05, 0) is 48.7 Å². The lowest BCUT2D eigenvalue weighted by Crippen LogP contribution is -2.38. The molecule has 0 aliphatic heterocycles. The van der Waals surface area contributed by atoms with Crippen LogP contribution in [0, 0.1) is 0 Å². The highest BCUT2D eigenvalue weighted by atomic mass is 35.5. The van der Waals surface area contributed by atoms with Crippen LogP contribution < -0.4 is 21.3 Å². The molecule has 2 aromatic carbocycles. The van der Waals surface area contributed by atoms with E-state index < -0.39 is 0 Å². The first kappa shape index (κ1) is 21.3. The SMILES string of the molecule is S=C(NCCNC(=S)Nc1cccc(Cl)c1Cl)Nc1cccc(Cl)c1Cl. The third kappa shape index (κ3) is 6.30. The van der Waals surface area contributed by atoms with Gasteiger partial charge in [-0.3, -0.25) is 0 Å². The van der Waals surface area contributed by atoms with Crippen LogP contribution in [-0.4, -0.2) is 23.3 Å². The van der Waals surface area contributed by atoms with Crippen LogP contribution in [0.2, 0.25) is 20.1 Å². The van der Waals surface area contributed by atoms with E-state index in [0.29, 0.717) is 54.8 Å². The van der Waals surface area contributed by atoms with Gasteiger partial charge in [0.25, 0.3) is 0 Å². The number of thiocarbonyl (C=S) groups is 2. The number of nitrogens with one attached hydrogen (secondary N) is 4.